The van der Waals surface area contributed by atoms with Crippen LogP contribution in [0.3, 0.4) is 0 Å². The van der Waals surface area contributed by atoms with Crippen LogP contribution in [-0.4, -0.2) is 198 Å². The van der Waals surface area contributed by atoms with Gasteiger partial charge in [-0.2, -0.15) is 12.6 Å². The highest BCUT2D eigenvalue weighted by atomic mass is 32.1. The summed E-state index contributed by atoms with van der Waals surface area (Å²) in [6.07, 6.45) is 1.46. The van der Waals surface area contributed by atoms with Gasteiger partial charge >= 0.3 is 12.0 Å². The van der Waals surface area contributed by atoms with Crippen molar-refractivity contribution in [2.75, 3.05) is 114 Å². The van der Waals surface area contributed by atoms with Gasteiger partial charge in [0, 0.05) is 93.9 Å². The summed E-state index contributed by atoms with van der Waals surface area (Å²) in [5.41, 5.74) is 7.14. The second-order valence-electron chi connectivity index (χ2n) is 22.3. The standard InChI is InChI=1S/C64H77N11O15S/c76-54(20-25-73-58(80)39-53(91)63(73)84)65-22-17-56(78)74-41-46-5-1-2-6-49(46)61-60(50-7-3-4-8-51(50)74)69-70-75(61)27-30-87-32-34-89-36-35-88-33-31-86-28-21-55(77)66-40-45-11-15-48(16-12-45)68-64(85)67-47-13-9-43(10-14-47)37-57(79)72-26-29-90-42-52(72)62(83)71-23-18-44(19-24-71)38-59(81)82/h1-16,44,52-53,91H,17-42H2,(H,65,76)(H,66,77)(H,81,82)(H2,67,68,85)/t52-,53?/m0/s1. The van der Waals surface area contributed by atoms with E-state index in [1.54, 1.807) is 63.2 Å². The Labute approximate surface area is 532 Å². The first-order valence-corrected chi connectivity index (χ1v) is 31.1. The number of amides is 9. The minimum Gasteiger partial charge on any atom is -0.481 e. The molecule has 5 heterocycles. The first-order chi connectivity index (χ1) is 44.2. The lowest BCUT2D eigenvalue weighted by Crippen LogP contribution is -2.58. The van der Waals surface area contributed by atoms with Gasteiger partial charge < -0.3 is 64.8 Å². The lowest BCUT2D eigenvalue weighted by atomic mass is 9.93. The van der Waals surface area contributed by atoms with E-state index in [4.69, 9.17) is 28.8 Å². The topological polar surface area (TPSA) is 312 Å². The number of anilines is 3. The predicted molar refractivity (Wildman–Crippen MR) is 335 cm³/mol. The Morgan fingerprint density at radius 3 is 1.97 bits per heavy atom. The van der Waals surface area contributed by atoms with Crippen LogP contribution < -0.4 is 26.2 Å². The van der Waals surface area contributed by atoms with Gasteiger partial charge in [-0.05, 0) is 65.8 Å². The molecule has 91 heavy (non-hydrogen) atoms. The summed E-state index contributed by atoms with van der Waals surface area (Å²) in [4.78, 5) is 120. The molecule has 27 heteroatoms. The predicted octanol–water partition coefficient (Wildman–Crippen LogP) is 4.31. The second-order valence-corrected chi connectivity index (χ2v) is 22.9. The number of morpholine rings is 1. The van der Waals surface area contributed by atoms with Crippen LogP contribution in [0.25, 0.3) is 22.5 Å². The normalized spacial score (nSPS) is 16.5. The summed E-state index contributed by atoms with van der Waals surface area (Å²) in [5.74, 6) is -2.74. The van der Waals surface area contributed by atoms with Crippen molar-refractivity contribution in [3.63, 3.8) is 0 Å². The number of ether oxygens (including phenoxy) is 5. The van der Waals surface area contributed by atoms with Crippen molar-refractivity contribution in [2.45, 2.75) is 82.3 Å². The molecule has 3 saturated heterocycles. The molecule has 4 aliphatic rings. The number of rotatable bonds is 30. The smallest absolute Gasteiger partial charge is 0.323 e. The van der Waals surface area contributed by atoms with Crippen molar-refractivity contribution < 1.29 is 71.9 Å². The van der Waals surface area contributed by atoms with E-state index in [-0.39, 0.29) is 126 Å². The zero-order valence-electron chi connectivity index (χ0n) is 50.6. The number of carboxylic acid groups (broad SMARTS) is 1. The number of imide groups is 1. The summed E-state index contributed by atoms with van der Waals surface area (Å²) in [6.45, 7) is 5.17. The van der Waals surface area contributed by atoms with Crippen LogP contribution >= 0.6 is 12.6 Å². The number of carboxylic acids is 1. The van der Waals surface area contributed by atoms with Gasteiger partial charge in [0.05, 0.1) is 102 Å². The monoisotopic (exact) mass is 1270 g/mol. The highest BCUT2D eigenvalue weighted by Crippen LogP contribution is 2.41. The average Bonchev–Trinajstić information content (AvgIpc) is 1.74. The highest BCUT2D eigenvalue weighted by molar-refractivity contribution is 7.81. The number of carbonyl (C=O) groups is 9. The van der Waals surface area contributed by atoms with E-state index in [1.807, 2.05) is 53.2 Å². The number of benzene rings is 4. The number of hydrogen-bond acceptors (Lipinski definition) is 17. The van der Waals surface area contributed by atoms with Crippen LogP contribution in [0, 0.1) is 5.92 Å². The SMILES string of the molecule is O=C(O)CC1CCN(C(=O)[C@@H]2COCCN2C(=O)Cc2ccc(NC(=O)Nc3ccc(CNC(=O)CCOCCOCCOCCOCCn4nnc5c4-c4ccccc4CN(C(=O)CCNC(=O)CCN4C(=O)CC(S)C4=O)c4ccccc4-5)cc3)cc2)CC1. The molecule has 0 saturated carbocycles. The van der Waals surface area contributed by atoms with Crippen molar-refractivity contribution in [3.8, 4) is 22.5 Å². The zero-order valence-corrected chi connectivity index (χ0v) is 51.5. The number of fused-ring (bicyclic) bond motifs is 5. The van der Waals surface area contributed by atoms with E-state index in [9.17, 15) is 43.2 Å². The number of hydrogen-bond donors (Lipinski definition) is 6. The van der Waals surface area contributed by atoms with E-state index in [2.05, 4.69) is 44.2 Å². The van der Waals surface area contributed by atoms with Gasteiger partial charge in [-0.15, -0.1) is 5.10 Å². The third-order valence-corrected chi connectivity index (χ3v) is 16.4. The van der Waals surface area contributed by atoms with Crippen LogP contribution in [0.1, 0.15) is 61.6 Å². The number of carbonyl (C=O) groups excluding carboxylic acids is 8. The number of nitrogens with zero attached hydrogens (tertiary/aromatic N) is 7. The maximum absolute atomic E-state index is 13.9. The minimum absolute atomic E-state index is 0.00953. The largest absolute Gasteiger partial charge is 0.481 e. The maximum Gasteiger partial charge on any atom is 0.323 e. The number of aromatic nitrogens is 3. The van der Waals surface area contributed by atoms with Gasteiger partial charge in [-0.3, -0.25) is 43.3 Å². The first kappa shape index (κ1) is 66.8. The molecule has 484 valence electrons. The molecule has 2 atom stereocenters. The number of urea groups is 1. The van der Waals surface area contributed by atoms with E-state index >= 15 is 0 Å². The van der Waals surface area contributed by atoms with E-state index < -0.39 is 29.2 Å². The lowest BCUT2D eigenvalue weighted by Gasteiger charge is -2.39. The third kappa shape index (κ3) is 19.0. The highest BCUT2D eigenvalue weighted by Gasteiger charge is 2.38. The Morgan fingerprint density at radius 2 is 1.30 bits per heavy atom. The zero-order chi connectivity index (χ0) is 64.1. The molecule has 4 aromatic carbocycles. The van der Waals surface area contributed by atoms with Crippen LogP contribution in [0.15, 0.2) is 97.1 Å². The van der Waals surface area contributed by atoms with E-state index in [0.717, 1.165) is 32.8 Å². The fourth-order valence-corrected chi connectivity index (χ4v) is 11.4. The Morgan fingerprint density at radius 1 is 0.670 bits per heavy atom. The number of aliphatic carboxylic acids is 1. The van der Waals surface area contributed by atoms with Gasteiger partial charge in [0.2, 0.25) is 41.4 Å². The van der Waals surface area contributed by atoms with Crippen molar-refractivity contribution in [1.29, 1.82) is 0 Å². The van der Waals surface area contributed by atoms with Crippen LogP contribution in [0.4, 0.5) is 21.9 Å². The molecule has 9 rings (SSSR count). The van der Waals surface area contributed by atoms with Crippen molar-refractivity contribution in [1.82, 2.24) is 40.3 Å². The molecule has 26 nitrogen and oxygen atoms in total. The van der Waals surface area contributed by atoms with E-state index in [1.165, 1.54) is 0 Å². The van der Waals surface area contributed by atoms with Gasteiger partial charge in [0.25, 0.3) is 0 Å². The van der Waals surface area contributed by atoms with Crippen molar-refractivity contribution in [3.05, 3.63) is 114 Å². The molecule has 9 amide bonds. The van der Waals surface area contributed by atoms with E-state index in [0.29, 0.717) is 114 Å². The fraction of sp³-hybridized carbons (Fsp3) is 0.453. The fourth-order valence-electron chi connectivity index (χ4n) is 11.1. The van der Waals surface area contributed by atoms with Crippen molar-refractivity contribution >= 4 is 83.0 Å². The molecule has 0 radical (unpaired) electrons. The average molecular weight is 1270 g/mol. The molecule has 5 aromatic rings. The minimum atomic E-state index is -0.844. The number of para-hydroxylation sites is 1. The van der Waals surface area contributed by atoms with Crippen molar-refractivity contribution in [2.24, 2.45) is 5.92 Å². The summed E-state index contributed by atoms with van der Waals surface area (Å²) in [7, 11) is 0. The summed E-state index contributed by atoms with van der Waals surface area (Å²) in [6, 6.07) is 28.0. The lowest BCUT2D eigenvalue weighted by molar-refractivity contribution is -0.154. The Balaban J connectivity index is 0.596. The van der Waals surface area contributed by atoms with Gasteiger partial charge in [-0.1, -0.05) is 71.9 Å². The first-order valence-electron chi connectivity index (χ1n) is 30.6. The number of likely N-dealkylation sites (tertiary alicyclic amines) is 2. The molecule has 4 aliphatic heterocycles. The summed E-state index contributed by atoms with van der Waals surface area (Å²) >= 11 is 4.13. The molecule has 5 N–H and O–H groups in total. The Hall–Kier alpha value is -8.60. The Kier molecular flexibility index (Phi) is 24.6. The molecule has 1 unspecified atom stereocenters. The molecule has 3 fully saturated rings. The molecule has 0 aliphatic carbocycles. The Bertz CT molecular complexity index is 3360. The second kappa shape index (κ2) is 33.5. The van der Waals surface area contributed by atoms with Gasteiger partial charge in [-0.25, -0.2) is 9.48 Å². The van der Waals surface area contributed by atoms with Gasteiger partial charge in [0.1, 0.15) is 11.7 Å². The molecular weight excluding hydrogens is 1190 g/mol. The van der Waals surface area contributed by atoms with Crippen LogP contribution in [0.5, 0.6) is 0 Å². The number of nitrogens with one attached hydrogen (secondary N) is 4. The van der Waals surface area contributed by atoms with Crippen LogP contribution in [0.2, 0.25) is 0 Å². The third-order valence-electron chi connectivity index (χ3n) is 16.0. The quantitative estimate of drug-likeness (QED) is 0.0212. The maximum atomic E-state index is 13.9. The molecule has 1 aromatic heterocycles. The summed E-state index contributed by atoms with van der Waals surface area (Å²) in [5, 5.41) is 28.8. The number of piperidine rings is 1. The van der Waals surface area contributed by atoms with Gasteiger partial charge in [0.15, 0.2) is 0 Å². The molecule has 0 spiro atoms. The molecular formula is C64H77N11O15S. The summed E-state index contributed by atoms with van der Waals surface area (Å²) < 4.78 is 30.2. The molecule has 0 bridgehead atoms. The van der Waals surface area contributed by atoms with Crippen LogP contribution in [-0.2, 0) is 88.1 Å². The number of thiol groups is 1.